The summed E-state index contributed by atoms with van der Waals surface area (Å²) in [6, 6.07) is 15.4. The maximum Gasteiger partial charge on any atom is 0.252 e. The zero-order chi connectivity index (χ0) is 23.2. The number of hydrogen-bond donors (Lipinski definition) is 1. The summed E-state index contributed by atoms with van der Waals surface area (Å²) in [5.74, 6) is 1.23. The highest BCUT2D eigenvalue weighted by Crippen LogP contribution is 2.29. The third-order valence-electron chi connectivity index (χ3n) is 5.00. The predicted octanol–water partition coefficient (Wildman–Crippen LogP) is 5.84. The van der Waals surface area contributed by atoms with Gasteiger partial charge in [0.15, 0.2) is 11.6 Å². The van der Waals surface area contributed by atoms with Crippen molar-refractivity contribution in [1.82, 2.24) is 15.5 Å². The van der Waals surface area contributed by atoms with Crippen molar-refractivity contribution in [1.29, 1.82) is 0 Å². The van der Waals surface area contributed by atoms with Crippen LogP contribution in [0.25, 0.3) is 0 Å². The molecule has 4 aromatic rings. The predicted molar refractivity (Wildman–Crippen MR) is 124 cm³/mol. The maximum absolute atomic E-state index is 14.5. The number of halogens is 1. The van der Waals surface area contributed by atoms with Crippen molar-refractivity contribution in [2.45, 2.75) is 31.0 Å². The van der Waals surface area contributed by atoms with Crippen molar-refractivity contribution in [2.24, 2.45) is 0 Å². The van der Waals surface area contributed by atoms with E-state index in [0.29, 0.717) is 22.6 Å². The van der Waals surface area contributed by atoms with E-state index in [1.54, 1.807) is 42.2 Å². The fourth-order valence-electron chi connectivity index (χ4n) is 3.19. The summed E-state index contributed by atoms with van der Waals surface area (Å²) in [6.45, 7) is 3.96. The van der Waals surface area contributed by atoms with Crippen molar-refractivity contribution < 1.29 is 18.4 Å². The topological polar surface area (TPSA) is 77.2 Å². The molecule has 0 spiro atoms. The Hall–Kier alpha value is -3.65. The molecule has 0 aliphatic rings. The minimum Gasteiger partial charge on any atom is -0.453 e. The minimum absolute atomic E-state index is 0.0964. The molecule has 2 aromatic carbocycles. The van der Waals surface area contributed by atoms with Crippen molar-refractivity contribution >= 4 is 17.7 Å². The molecule has 0 atom stereocenters. The number of thioether (sulfide) groups is 1. The number of benzene rings is 2. The van der Waals surface area contributed by atoms with Gasteiger partial charge in [-0.1, -0.05) is 23.4 Å². The smallest absolute Gasteiger partial charge is 0.252 e. The molecule has 2 heterocycles. The number of nitrogens with zero attached hydrogens (tertiary/aromatic N) is 2. The fraction of sp³-hybridized carbons (Fsp3) is 0.160. The Bertz CT molecular complexity index is 1240. The maximum atomic E-state index is 14.5. The van der Waals surface area contributed by atoms with Gasteiger partial charge in [-0.3, -0.25) is 9.78 Å². The summed E-state index contributed by atoms with van der Waals surface area (Å²) in [4.78, 5) is 17.6. The van der Waals surface area contributed by atoms with Gasteiger partial charge in [-0.2, -0.15) is 0 Å². The van der Waals surface area contributed by atoms with E-state index in [1.807, 2.05) is 32.0 Å². The second-order valence-corrected chi connectivity index (χ2v) is 8.34. The number of hydrogen-bond acceptors (Lipinski definition) is 6. The van der Waals surface area contributed by atoms with E-state index < -0.39 is 5.82 Å². The Morgan fingerprint density at radius 1 is 1.15 bits per heavy atom. The second-order valence-electron chi connectivity index (χ2n) is 7.33. The molecule has 8 heteroatoms. The van der Waals surface area contributed by atoms with Crippen molar-refractivity contribution in [3.63, 3.8) is 0 Å². The molecule has 33 heavy (non-hydrogen) atoms. The van der Waals surface area contributed by atoms with Crippen molar-refractivity contribution in [2.75, 3.05) is 0 Å². The minimum atomic E-state index is -0.513. The molecular weight excluding hydrogens is 441 g/mol. The number of pyridine rings is 1. The Balaban J connectivity index is 1.39. The molecule has 6 nitrogen and oxygen atoms in total. The summed E-state index contributed by atoms with van der Waals surface area (Å²) in [5, 5.41) is 6.84. The monoisotopic (exact) mass is 463 g/mol. The molecule has 2 aromatic heterocycles. The Labute approximate surface area is 195 Å². The number of aromatic nitrogens is 2. The zero-order valence-electron chi connectivity index (χ0n) is 18.2. The summed E-state index contributed by atoms with van der Waals surface area (Å²) < 4.78 is 25.2. The summed E-state index contributed by atoms with van der Waals surface area (Å²) >= 11 is 1.55. The SMILES string of the molecule is Cc1noc(C)c1CSc1ccccc1C(=O)NCc1ccc(Oc2cccnc2)c(F)c1. The molecule has 1 amide bonds. The van der Waals surface area contributed by atoms with Gasteiger partial charge in [-0.05, 0) is 55.8 Å². The van der Waals surface area contributed by atoms with Crippen LogP contribution >= 0.6 is 11.8 Å². The number of nitrogens with one attached hydrogen (secondary N) is 1. The fourth-order valence-corrected chi connectivity index (χ4v) is 4.39. The van der Waals surface area contributed by atoms with Gasteiger partial charge in [0.1, 0.15) is 11.5 Å². The van der Waals surface area contributed by atoms with E-state index in [2.05, 4.69) is 15.5 Å². The molecule has 0 aliphatic heterocycles. The Kier molecular flexibility index (Phi) is 7.04. The van der Waals surface area contributed by atoms with Crippen LogP contribution in [-0.2, 0) is 12.3 Å². The van der Waals surface area contributed by atoms with Gasteiger partial charge in [0.25, 0.3) is 5.91 Å². The van der Waals surface area contributed by atoms with Crippen LogP contribution < -0.4 is 10.1 Å². The van der Waals surface area contributed by atoms with E-state index in [-0.39, 0.29) is 18.2 Å². The van der Waals surface area contributed by atoms with Crippen LogP contribution in [0.4, 0.5) is 4.39 Å². The first-order valence-electron chi connectivity index (χ1n) is 10.3. The number of ether oxygens (including phenoxy) is 1. The first kappa shape index (κ1) is 22.5. The van der Waals surface area contributed by atoms with Crippen LogP contribution in [0.15, 0.2) is 76.4 Å². The highest BCUT2D eigenvalue weighted by atomic mass is 32.2. The van der Waals surface area contributed by atoms with Gasteiger partial charge in [-0.15, -0.1) is 11.8 Å². The highest BCUT2D eigenvalue weighted by molar-refractivity contribution is 7.98. The lowest BCUT2D eigenvalue weighted by atomic mass is 10.2. The standard InChI is InChI=1S/C25H22FN3O3S/c1-16-21(17(2)32-29-16)15-33-24-8-4-3-7-20(24)25(30)28-13-18-9-10-23(22(26)12-18)31-19-6-5-11-27-14-19/h3-12,14H,13,15H2,1-2H3,(H,28,30). The Morgan fingerprint density at radius 3 is 2.73 bits per heavy atom. The summed E-state index contributed by atoms with van der Waals surface area (Å²) in [7, 11) is 0. The van der Waals surface area contributed by atoms with Crippen LogP contribution in [0.1, 0.15) is 32.9 Å². The molecule has 0 saturated heterocycles. The zero-order valence-corrected chi connectivity index (χ0v) is 19.0. The number of amides is 1. The highest BCUT2D eigenvalue weighted by Gasteiger charge is 2.15. The summed E-state index contributed by atoms with van der Waals surface area (Å²) in [5.41, 5.74) is 3.06. The molecule has 168 valence electrons. The van der Waals surface area contributed by atoms with E-state index in [1.165, 1.54) is 18.3 Å². The number of carbonyl (C=O) groups is 1. The molecule has 0 saturated carbocycles. The van der Waals surface area contributed by atoms with Gasteiger partial charge in [0.05, 0.1) is 17.5 Å². The molecule has 0 radical (unpaired) electrons. The summed E-state index contributed by atoms with van der Waals surface area (Å²) in [6.07, 6.45) is 3.12. The van der Waals surface area contributed by atoms with Crippen molar-refractivity contribution in [3.8, 4) is 11.5 Å². The van der Waals surface area contributed by atoms with E-state index in [0.717, 1.165) is 21.9 Å². The van der Waals surface area contributed by atoms with E-state index in [9.17, 15) is 9.18 Å². The quantitative estimate of drug-likeness (QED) is 0.331. The van der Waals surface area contributed by atoms with Gasteiger partial charge in [-0.25, -0.2) is 4.39 Å². The van der Waals surface area contributed by atoms with Crippen LogP contribution in [0, 0.1) is 19.7 Å². The van der Waals surface area contributed by atoms with Gasteiger partial charge in [0.2, 0.25) is 0 Å². The normalized spacial score (nSPS) is 10.8. The van der Waals surface area contributed by atoms with Crippen LogP contribution in [0.3, 0.4) is 0 Å². The lowest BCUT2D eigenvalue weighted by molar-refractivity contribution is 0.0948. The molecule has 0 aliphatic carbocycles. The van der Waals surface area contributed by atoms with Gasteiger partial charge >= 0.3 is 0 Å². The molecule has 0 fully saturated rings. The van der Waals surface area contributed by atoms with Gasteiger partial charge < -0.3 is 14.6 Å². The van der Waals surface area contributed by atoms with Crippen molar-refractivity contribution in [3.05, 3.63) is 101 Å². The lowest BCUT2D eigenvalue weighted by Crippen LogP contribution is -2.23. The Morgan fingerprint density at radius 2 is 2.00 bits per heavy atom. The van der Waals surface area contributed by atoms with E-state index in [4.69, 9.17) is 9.26 Å². The van der Waals surface area contributed by atoms with Crippen LogP contribution in [0.2, 0.25) is 0 Å². The van der Waals surface area contributed by atoms with Crippen LogP contribution in [-0.4, -0.2) is 16.0 Å². The largest absolute Gasteiger partial charge is 0.453 e. The molecule has 4 rings (SSSR count). The first-order valence-corrected chi connectivity index (χ1v) is 11.3. The lowest BCUT2D eigenvalue weighted by Gasteiger charge is -2.11. The molecule has 1 N–H and O–H groups in total. The molecular formula is C25H22FN3O3S. The third kappa shape index (κ3) is 5.59. The average Bonchev–Trinajstić information content (AvgIpc) is 3.15. The molecule has 0 unspecified atom stereocenters. The van der Waals surface area contributed by atoms with E-state index >= 15 is 0 Å². The second kappa shape index (κ2) is 10.3. The first-order chi connectivity index (χ1) is 16.0. The number of aryl methyl sites for hydroxylation is 2. The number of carbonyl (C=O) groups excluding carboxylic acids is 1. The van der Waals surface area contributed by atoms with Gasteiger partial charge in [0, 0.05) is 29.0 Å². The van der Waals surface area contributed by atoms with Crippen LogP contribution in [0.5, 0.6) is 11.5 Å². The average molecular weight is 464 g/mol. The third-order valence-corrected chi connectivity index (χ3v) is 6.10. The number of rotatable bonds is 8. The molecule has 0 bridgehead atoms.